The minimum absolute atomic E-state index is 0.0103. The average molecular weight is 391 g/mol. The van der Waals surface area contributed by atoms with Gasteiger partial charge in [0.2, 0.25) is 5.91 Å². The molecule has 0 fully saturated rings. The van der Waals surface area contributed by atoms with E-state index in [1.807, 2.05) is 30.3 Å². The predicted molar refractivity (Wildman–Crippen MR) is 105 cm³/mol. The molecule has 2 aromatic carbocycles. The van der Waals surface area contributed by atoms with Gasteiger partial charge in [-0.3, -0.25) is 4.79 Å². The Morgan fingerprint density at radius 1 is 1.11 bits per heavy atom. The quantitative estimate of drug-likeness (QED) is 0.664. The van der Waals surface area contributed by atoms with Crippen molar-refractivity contribution in [2.24, 2.45) is 5.73 Å². The van der Waals surface area contributed by atoms with E-state index in [0.717, 1.165) is 5.56 Å². The van der Waals surface area contributed by atoms with E-state index in [1.54, 1.807) is 24.1 Å². The van der Waals surface area contributed by atoms with E-state index >= 15 is 0 Å². The Morgan fingerprint density at radius 3 is 2.33 bits per heavy atom. The van der Waals surface area contributed by atoms with Gasteiger partial charge in [0.1, 0.15) is 5.75 Å². The fourth-order valence-electron chi connectivity index (χ4n) is 2.56. The molecule has 1 atom stereocenters. The Labute approximate surface area is 160 Å². The summed E-state index contributed by atoms with van der Waals surface area (Å²) in [5.41, 5.74) is 7.04. The third-order valence-electron chi connectivity index (χ3n) is 4.21. The van der Waals surface area contributed by atoms with E-state index in [2.05, 4.69) is 0 Å². The third kappa shape index (κ3) is 6.69. The molecule has 2 N–H and O–H groups in total. The zero-order valence-corrected chi connectivity index (χ0v) is 16.5. The van der Waals surface area contributed by atoms with Gasteiger partial charge in [-0.2, -0.15) is 0 Å². The summed E-state index contributed by atoms with van der Waals surface area (Å²) in [7, 11) is -1.45. The number of nitrogens with zero attached hydrogens (tertiary/aromatic N) is 1. The van der Waals surface area contributed by atoms with E-state index in [9.17, 15) is 13.2 Å². The van der Waals surface area contributed by atoms with Crippen molar-refractivity contribution in [2.75, 3.05) is 26.5 Å². The van der Waals surface area contributed by atoms with Crippen molar-refractivity contribution in [2.45, 2.75) is 23.8 Å². The first-order valence-electron chi connectivity index (χ1n) is 8.75. The maximum atomic E-state index is 12.3. The molecule has 0 bridgehead atoms. The molecule has 146 valence electrons. The highest BCUT2D eigenvalue weighted by atomic mass is 32.2. The summed E-state index contributed by atoms with van der Waals surface area (Å²) in [6.45, 7) is 0.988. The fraction of sp³-hybridized carbons (Fsp3) is 0.350. The number of hydrogen-bond acceptors (Lipinski definition) is 5. The summed E-state index contributed by atoms with van der Waals surface area (Å²) in [5.74, 6) is 0.589. The first kappa shape index (κ1) is 20.9. The number of rotatable bonds is 9. The van der Waals surface area contributed by atoms with Crippen molar-refractivity contribution in [3.63, 3.8) is 0 Å². The summed E-state index contributed by atoms with van der Waals surface area (Å²) in [4.78, 5) is 14.2. The van der Waals surface area contributed by atoms with Crippen LogP contribution in [0.2, 0.25) is 0 Å². The van der Waals surface area contributed by atoms with Crippen molar-refractivity contribution in [1.82, 2.24) is 4.90 Å². The minimum Gasteiger partial charge on any atom is -0.494 e. The van der Waals surface area contributed by atoms with Crippen LogP contribution in [0.3, 0.4) is 0 Å². The molecule has 1 unspecified atom stereocenters. The monoisotopic (exact) mass is 390 g/mol. The molecule has 7 heteroatoms. The first-order chi connectivity index (χ1) is 12.8. The first-order valence-corrected chi connectivity index (χ1v) is 10.6. The van der Waals surface area contributed by atoms with Crippen LogP contribution in [-0.4, -0.2) is 45.7 Å². The summed E-state index contributed by atoms with van der Waals surface area (Å²) in [5, 5.41) is 0. The van der Waals surface area contributed by atoms with Crippen molar-refractivity contribution in [1.29, 1.82) is 0 Å². The number of carbonyl (C=O) groups is 1. The standard InChI is InChI=1S/C20H26N2O4S/c1-22(20(23)15-19(21)16-7-4-3-5-8-16)13-6-14-26-17-9-11-18(12-10-17)27(2,24)25/h3-5,7-12,19H,6,13-15,21H2,1-2H3. The number of carbonyl (C=O) groups excluding carboxylic acids is 1. The van der Waals surface area contributed by atoms with Crippen molar-refractivity contribution in [3.8, 4) is 5.75 Å². The van der Waals surface area contributed by atoms with Crippen LogP contribution in [0.1, 0.15) is 24.4 Å². The molecule has 0 radical (unpaired) electrons. The van der Waals surface area contributed by atoms with Crippen LogP contribution in [0.25, 0.3) is 0 Å². The molecule has 0 heterocycles. The van der Waals surface area contributed by atoms with Crippen molar-refractivity contribution < 1.29 is 17.9 Å². The number of hydrogen-bond donors (Lipinski definition) is 1. The normalized spacial score (nSPS) is 12.4. The second-order valence-corrected chi connectivity index (χ2v) is 8.50. The van der Waals surface area contributed by atoms with Gasteiger partial charge in [0.15, 0.2) is 9.84 Å². The van der Waals surface area contributed by atoms with Crippen molar-refractivity contribution in [3.05, 3.63) is 60.2 Å². The molecule has 0 aliphatic rings. The van der Waals surface area contributed by atoms with Crippen LogP contribution in [0, 0.1) is 0 Å². The Hall–Kier alpha value is -2.38. The van der Waals surface area contributed by atoms with Crippen LogP contribution < -0.4 is 10.5 Å². The number of nitrogens with two attached hydrogens (primary N) is 1. The summed E-state index contributed by atoms with van der Waals surface area (Å²) < 4.78 is 28.4. The van der Waals surface area contributed by atoms with Gasteiger partial charge in [0.25, 0.3) is 0 Å². The number of amides is 1. The SMILES string of the molecule is CN(CCCOc1ccc(S(C)(=O)=O)cc1)C(=O)CC(N)c1ccccc1. The second-order valence-electron chi connectivity index (χ2n) is 6.48. The van der Waals surface area contributed by atoms with E-state index in [4.69, 9.17) is 10.5 Å². The molecular weight excluding hydrogens is 364 g/mol. The van der Waals surface area contributed by atoms with E-state index in [0.29, 0.717) is 25.3 Å². The van der Waals surface area contributed by atoms with Crippen molar-refractivity contribution >= 4 is 15.7 Å². The smallest absolute Gasteiger partial charge is 0.224 e. The molecule has 2 rings (SSSR count). The van der Waals surface area contributed by atoms with Gasteiger partial charge in [-0.1, -0.05) is 30.3 Å². The van der Waals surface area contributed by atoms with Gasteiger partial charge < -0.3 is 15.4 Å². The molecule has 0 aliphatic heterocycles. The lowest BCUT2D eigenvalue weighted by Crippen LogP contribution is -2.31. The lowest BCUT2D eigenvalue weighted by atomic mass is 10.0. The Kier molecular flexibility index (Phi) is 7.38. The third-order valence-corrected chi connectivity index (χ3v) is 5.33. The lowest BCUT2D eigenvalue weighted by Gasteiger charge is -2.20. The van der Waals surface area contributed by atoms with Crippen LogP contribution in [0.15, 0.2) is 59.5 Å². The highest BCUT2D eigenvalue weighted by Gasteiger charge is 2.15. The zero-order chi connectivity index (χ0) is 19.9. The van der Waals surface area contributed by atoms with Crippen LogP contribution in [-0.2, 0) is 14.6 Å². The molecule has 2 aromatic rings. The Bertz CT molecular complexity index is 836. The van der Waals surface area contributed by atoms with Gasteiger partial charge in [0.05, 0.1) is 11.5 Å². The minimum atomic E-state index is -3.21. The van der Waals surface area contributed by atoms with Gasteiger partial charge in [-0.25, -0.2) is 8.42 Å². The molecular formula is C20H26N2O4S. The maximum absolute atomic E-state index is 12.3. The molecule has 0 aliphatic carbocycles. The number of benzene rings is 2. The predicted octanol–water partition coefficient (Wildman–Crippen LogP) is 2.41. The Balaban J connectivity index is 1.72. The van der Waals surface area contributed by atoms with E-state index < -0.39 is 9.84 Å². The highest BCUT2D eigenvalue weighted by Crippen LogP contribution is 2.16. The topological polar surface area (TPSA) is 89.7 Å². The van der Waals surface area contributed by atoms with Gasteiger partial charge in [0, 0.05) is 32.3 Å². The maximum Gasteiger partial charge on any atom is 0.224 e. The highest BCUT2D eigenvalue weighted by molar-refractivity contribution is 7.90. The summed E-state index contributed by atoms with van der Waals surface area (Å²) in [6, 6.07) is 15.5. The molecule has 0 saturated carbocycles. The van der Waals surface area contributed by atoms with Crippen LogP contribution in [0.4, 0.5) is 0 Å². The lowest BCUT2D eigenvalue weighted by molar-refractivity contribution is -0.130. The van der Waals surface area contributed by atoms with E-state index in [-0.39, 0.29) is 23.3 Å². The second kappa shape index (κ2) is 9.53. The molecule has 27 heavy (non-hydrogen) atoms. The number of ether oxygens (including phenoxy) is 1. The van der Waals surface area contributed by atoms with Crippen LogP contribution >= 0.6 is 0 Å². The zero-order valence-electron chi connectivity index (χ0n) is 15.7. The van der Waals surface area contributed by atoms with Gasteiger partial charge >= 0.3 is 0 Å². The molecule has 0 spiro atoms. The van der Waals surface area contributed by atoms with Crippen LogP contribution in [0.5, 0.6) is 5.75 Å². The van der Waals surface area contributed by atoms with E-state index in [1.165, 1.54) is 18.4 Å². The average Bonchev–Trinajstić information content (AvgIpc) is 2.65. The fourth-order valence-corrected chi connectivity index (χ4v) is 3.19. The molecule has 6 nitrogen and oxygen atoms in total. The molecule has 1 amide bonds. The molecule has 0 saturated heterocycles. The van der Waals surface area contributed by atoms with Gasteiger partial charge in [-0.15, -0.1) is 0 Å². The molecule has 0 aromatic heterocycles. The Morgan fingerprint density at radius 2 is 1.74 bits per heavy atom. The largest absolute Gasteiger partial charge is 0.494 e. The summed E-state index contributed by atoms with van der Waals surface area (Å²) >= 11 is 0. The number of sulfone groups is 1. The van der Waals surface area contributed by atoms with Gasteiger partial charge in [-0.05, 0) is 36.2 Å². The summed E-state index contributed by atoms with van der Waals surface area (Å²) in [6.07, 6.45) is 2.09.